The van der Waals surface area contributed by atoms with Gasteiger partial charge in [-0.15, -0.1) is 11.3 Å². The van der Waals surface area contributed by atoms with Gasteiger partial charge in [-0.2, -0.15) is 17.0 Å². The van der Waals surface area contributed by atoms with Gasteiger partial charge in [-0.05, 0) is 25.0 Å². The van der Waals surface area contributed by atoms with Crippen LogP contribution in [-0.2, 0) is 0 Å². The van der Waals surface area contributed by atoms with Crippen LogP contribution in [0.15, 0.2) is 30.0 Å². The molecule has 1 saturated heterocycles. The van der Waals surface area contributed by atoms with Crippen LogP contribution in [0.3, 0.4) is 0 Å². The van der Waals surface area contributed by atoms with Crippen LogP contribution >= 0.6 is 23.1 Å². The van der Waals surface area contributed by atoms with Gasteiger partial charge in [0.2, 0.25) is 0 Å². The van der Waals surface area contributed by atoms with Crippen molar-refractivity contribution in [2.45, 2.75) is 39.5 Å². The topological polar surface area (TPSA) is 39.9 Å². The van der Waals surface area contributed by atoms with Crippen molar-refractivity contribution >= 4 is 41.3 Å². The summed E-state index contributed by atoms with van der Waals surface area (Å²) in [6, 6.07) is 2.17. The van der Waals surface area contributed by atoms with Crippen LogP contribution in [-0.4, -0.2) is 34.5 Å². The Labute approximate surface area is 171 Å². The van der Waals surface area contributed by atoms with E-state index in [0.29, 0.717) is 6.42 Å². The number of thioether (sulfide) groups is 1. The van der Waals surface area contributed by atoms with Crippen LogP contribution in [0.25, 0.3) is 18.2 Å². The van der Waals surface area contributed by atoms with Gasteiger partial charge in [-0.3, -0.25) is 0 Å². The summed E-state index contributed by atoms with van der Waals surface area (Å²) in [5, 5.41) is 10.8. The van der Waals surface area contributed by atoms with Crippen LogP contribution in [0.4, 0.5) is 0 Å². The fourth-order valence-corrected chi connectivity index (χ4v) is 4.70. The molecule has 0 spiro atoms. The van der Waals surface area contributed by atoms with Gasteiger partial charge in [-0.25, -0.2) is 4.98 Å². The Morgan fingerprint density at radius 2 is 2.00 bits per heavy atom. The maximum absolute atomic E-state index is 8.79. The van der Waals surface area contributed by atoms with E-state index in [1.807, 2.05) is 23.9 Å². The maximum atomic E-state index is 8.79. The third kappa shape index (κ3) is 7.40. The van der Waals surface area contributed by atoms with E-state index in [0.717, 1.165) is 40.8 Å². The van der Waals surface area contributed by atoms with E-state index in [-0.39, 0.29) is 0 Å². The summed E-state index contributed by atoms with van der Waals surface area (Å²) in [7, 11) is 0. The van der Waals surface area contributed by atoms with Crippen molar-refractivity contribution in [2.75, 3.05) is 24.6 Å². The average molecular weight is 400 g/mol. The number of hydrogen-bond donors (Lipinski definition) is 0. The summed E-state index contributed by atoms with van der Waals surface area (Å²) in [6.45, 7) is 6.67. The molecule has 0 radical (unpaired) electrons. The number of nitriles is 1. The summed E-state index contributed by atoms with van der Waals surface area (Å²) in [6.07, 6.45) is 18.3. The molecule has 0 unspecified atom stereocenters. The molecular weight excluding hydrogens is 370 g/mol. The molecular formula is C22H29N3S2. The van der Waals surface area contributed by atoms with Gasteiger partial charge in [0.15, 0.2) is 0 Å². The summed E-state index contributed by atoms with van der Waals surface area (Å²) < 4.78 is 1.09. The Kier molecular flexibility index (Phi) is 10.0. The normalized spacial score (nSPS) is 17.4. The Bertz CT molecular complexity index is 819. The number of allylic oxidation sites excluding steroid dienone is 5. The Morgan fingerprint density at radius 3 is 2.70 bits per heavy atom. The summed E-state index contributed by atoms with van der Waals surface area (Å²) >= 11 is 3.69. The highest BCUT2D eigenvalue weighted by Gasteiger charge is 2.11. The van der Waals surface area contributed by atoms with Gasteiger partial charge in [-0.1, -0.05) is 50.6 Å². The quantitative estimate of drug-likeness (QED) is 0.610. The summed E-state index contributed by atoms with van der Waals surface area (Å²) in [4.78, 5) is 7.19. The second-order valence-corrected chi connectivity index (χ2v) is 8.52. The lowest BCUT2D eigenvalue weighted by Gasteiger charge is -2.30. The van der Waals surface area contributed by atoms with Crippen LogP contribution in [0, 0.1) is 11.3 Å². The molecule has 0 atom stereocenters. The third-order valence-electron chi connectivity index (χ3n) is 4.15. The second kappa shape index (κ2) is 12.6. The van der Waals surface area contributed by atoms with Gasteiger partial charge in [0, 0.05) is 30.3 Å². The Morgan fingerprint density at radius 1 is 1.19 bits per heavy atom. The van der Waals surface area contributed by atoms with Crippen molar-refractivity contribution in [3.63, 3.8) is 0 Å². The van der Waals surface area contributed by atoms with E-state index in [9.17, 15) is 0 Å². The van der Waals surface area contributed by atoms with Crippen molar-refractivity contribution < 1.29 is 0 Å². The lowest BCUT2D eigenvalue weighted by molar-refractivity contribution is 0.365. The zero-order valence-corrected chi connectivity index (χ0v) is 18.0. The molecule has 2 rings (SSSR count). The minimum Gasteiger partial charge on any atom is -0.373 e. The number of thiazole rings is 1. The predicted molar refractivity (Wildman–Crippen MR) is 121 cm³/mol. The summed E-state index contributed by atoms with van der Waals surface area (Å²) in [5.41, 5.74) is 1.45. The largest absolute Gasteiger partial charge is 0.373 e. The average Bonchev–Trinajstić information content (AvgIpc) is 3.08. The highest BCUT2D eigenvalue weighted by Crippen LogP contribution is 2.18. The first-order valence-electron chi connectivity index (χ1n) is 9.69. The fraction of sp³-hybridized carbons (Fsp3) is 0.455. The third-order valence-corrected chi connectivity index (χ3v) is 6.12. The molecule has 0 bridgehead atoms. The minimum absolute atomic E-state index is 0.426. The minimum atomic E-state index is 0.426. The highest BCUT2D eigenvalue weighted by atomic mass is 32.2. The summed E-state index contributed by atoms with van der Waals surface area (Å²) in [5.74, 6) is 2.47. The molecule has 0 aromatic carbocycles. The van der Waals surface area contributed by atoms with Crippen LogP contribution < -0.4 is 9.88 Å². The number of hydrogen-bond acceptors (Lipinski definition) is 5. The molecule has 5 heteroatoms. The number of rotatable bonds is 8. The van der Waals surface area contributed by atoms with Gasteiger partial charge in [0.1, 0.15) is 5.01 Å². The van der Waals surface area contributed by atoms with Crippen molar-refractivity contribution in [1.29, 1.82) is 5.26 Å². The molecule has 1 aliphatic rings. The molecule has 27 heavy (non-hydrogen) atoms. The lowest BCUT2D eigenvalue weighted by atomic mass is 10.2. The molecule has 3 nitrogen and oxygen atoms in total. The van der Waals surface area contributed by atoms with Crippen LogP contribution in [0.2, 0.25) is 0 Å². The van der Waals surface area contributed by atoms with E-state index >= 15 is 0 Å². The van der Waals surface area contributed by atoms with Crippen molar-refractivity contribution in [2.24, 2.45) is 0 Å². The molecule has 0 N–H and O–H groups in total. The molecule has 0 amide bonds. The molecule has 144 valence electrons. The second-order valence-electron chi connectivity index (χ2n) is 6.23. The zero-order chi connectivity index (χ0) is 19.3. The molecule has 1 aromatic rings. The number of nitrogens with zero attached hydrogens (tertiary/aromatic N) is 3. The van der Waals surface area contributed by atoms with Crippen molar-refractivity contribution in [3.05, 3.63) is 44.9 Å². The van der Waals surface area contributed by atoms with E-state index in [2.05, 4.69) is 60.2 Å². The molecule has 0 aliphatic carbocycles. The van der Waals surface area contributed by atoms with Crippen LogP contribution in [0.5, 0.6) is 0 Å². The lowest BCUT2D eigenvalue weighted by Crippen LogP contribution is -2.31. The first-order chi connectivity index (χ1) is 13.3. The fourth-order valence-electron chi connectivity index (χ4n) is 2.88. The Hall–Kier alpha value is -1.77. The van der Waals surface area contributed by atoms with E-state index in [1.54, 1.807) is 11.3 Å². The molecule has 1 fully saturated rings. The predicted octanol–water partition coefficient (Wildman–Crippen LogP) is 4.33. The maximum Gasteiger partial charge on any atom is 0.117 e. The SMILES string of the molecule is CC/C=c1/nc(/C=C/C=C/C=C(\CCC)N2CCSCC2)s/c1=C/CC#N. The Balaban J connectivity index is 2.07. The van der Waals surface area contributed by atoms with E-state index in [1.165, 1.54) is 23.6 Å². The number of aromatic nitrogens is 1. The van der Waals surface area contributed by atoms with E-state index < -0.39 is 0 Å². The van der Waals surface area contributed by atoms with Gasteiger partial charge in [0.25, 0.3) is 0 Å². The molecule has 0 saturated carbocycles. The van der Waals surface area contributed by atoms with Crippen molar-refractivity contribution in [3.8, 4) is 6.07 Å². The van der Waals surface area contributed by atoms with Crippen molar-refractivity contribution in [1.82, 2.24) is 9.88 Å². The first-order valence-corrected chi connectivity index (χ1v) is 11.7. The molecule has 2 heterocycles. The molecule has 1 aliphatic heterocycles. The molecule has 1 aromatic heterocycles. The van der Waals surface area contributed by atoms with Gasteiger partial charge >= 0.3 is 0 Å². The van der Waals surface area contributed by atoms with Gasteiger partial charge < -0.3 is 4.90 Å². The van der Waals surface area contributed by atoms with E-state index in [4.69, 9.17) is 5.26 Å². The standard InChI is InChI=1S/C22H29N3S2/c1-3-9-19(25-15-17-26-18-16-25)11-6-5-7-13-22-24-20(10-4-2)21(27-22)12-8-14-23/h5-7,10-13H,3-4,8-9,15-18H2,1-2H3/b6-5+,13-7+,19-11+,20-10+,21-12+. The zero-order valence-electron chi connectivity index (χ0n) is 16.4. The monoisotopic (exact) mass is 399 g/mol. The smallest absolute Gasteiger partial charge is 0.117 e. The first kappa shape index (κ1) is 21.5. The highest BCUT2D eigenvalue weighted by molar-refractivity contribution is 7.99. The van der Waals surface area contributed by atoms with Crippen LogP contribution in [0.1, 0.15) is 44.5 Å². The van der Waals surface area contributed by atoms with Gasteiger partial charge in [0.05, 0.1) is 22.4 Å².